The molecule has 0 amide bonds. The minimum absolute atomic E-state index is 0.0849. The van der Waals surface area contributed by atoms with Gasteiger partial charge in [-0.1, -0.05) is 34.1 Å². The molecule has 0 bridgehead atoms. The van der Waals surface area contributed by atoms with Gasteiger partial charge in [0.25, 0.3) is 0 Å². The highest BCUT2D eigenvalue weighted by molar-refractivity contribution is 5.59. The van der Waals surface area contributed by atoms with E-state index >= 15 is 0 Å². The standard InChI is InChI=1S/C17H32O5/c1-7-12-17(5,6)21-22-20-15(18)19-14-10-8-13(9-11-14)16(2,3)4/h13-14H,7-12H2,1-6H3. The van der Waals surface area contributed by atoms with Crippen molar-refractivity contribution >= 4 is 6.16 Å². The fourth-order valence-electron chi connectivity index (χ4n) is 2.98. The van der Waals surface area contributed by atoms with Crippen LogP contribution in [-0.4, -0.2) is 17.9 Å². The van der Waals surface area contributed by atoms with E-state index in [1.165, 1.54) is 0 Å². The maximum Gasteiger partial charge on any atom is 0.542 e. The summed E-state index contributed by atoms with van der Waals surface area (Å²) < 4.78 is 5.26. The Kier molecular flexibility index (Phi) is 7.13. The number of carbonyl (C=O) groups is 1. The zero-order chi connectivity index (χ0) is 16.8. The molecule has 5 heteroatoms. The second-order valence-electron chi connectivity index (χ2n) is 7.95. The van der Waals surface area contributed by atoms with E-state index in [1.54, 1.807) is 0 Å². The van der Waals surface area contributed by atoms with Gasteiger partial charge >= 0.3 is 6.16 Å². The van der Waals surface area contributed by atoms with Crippen LogP contribution in [0.15, 0.2) is 0 Å². The molecule has 1 aliphatic carbocycles. The highest BCUT2D eigenvalue weighted by Gasteiger charge is 2.31. The minimum Gasteiger partial charge on any atom is -0.429 e. The lowest BCUT2D eigenvalue weighted by molar-refractivity contribution is -0.517. The summed E-state index contributed by atoms with van der Waals surface area (Å²) in [6.07, 6.45) is 4.74. The van der Waals surface area contributed by atoms with Gasteiger partial charge < -0.3 is 4.74 Å². The Bertz CT molecular complexity index is 337. The van der Waals surface area contributed by atoms with Gasteiger partial charge in [0.15, 0.2) is 0 Å². The molecule has 0 atom stereocenters. The fraction of sp³-hybridized carbons (Fsp3) is 0.941. The lowest BCUT2D eigenvalue weighted by Gasteiger charge is -2.36. The highest BCUT2D eigenvalue weighted by Crippen LogP contribution is 2.38. The van der Waals surface area contributed by atoms with Gasteiger partial charge in [-0.3, -0.25) is 0 Å². The van der Waals surface area contributed by atoms with E-state index in [-0.39, 0.29) is 6.10 Å². The van der Waals surface area contributed by atoms with E-state index in [4.69, 9.17) is 9.62 Å². The summed E-state index contributed by atoms with van der Waals surface area (Å²) in [5.74, 6) is 0.679. The molecule has 1 rings (SSSR count). The molecule has 1 fully saturated rings. The average molecular weight is 316 g/mol. The molecule has 0 aromatic carbocycles. The summed E-state index contributed by atoms with van der Waals surface area (Å²) in [4.78, 5) is 21.2. The first-order valence-electron chi connectivity index (χ1n) is 8.37. The number of hydrogen-bond donors (Lipinski definition) is 0. The molecule has 0 aromatic heterocycles. The normalized spacial score (nSPS) is 23.2. The van der Waals surface area contributed by atoms with Gasteiger partial charge in [-0.05, 0) is 62.3 Å². The summed E-state index contributed by atoms with van der Waals surface area (Å²) in [5, 5.41) is 4.56. The van der Waals surface area contributed by atoms with E-state index in [2.05, 4.69) is 30.7 Å². The van der Waals surface area contributed by atoms with Gasteiger partial charge in [0.05, 0.1) is 0 Å². The first-order chi connectivity index (χ1) is 10.1. The Balaban J connectivity index is 2.21. The first-order valence-corrected chi connectivity index (χ1v) is 8.37. The predicted molar refractivity (Wildman–Crippen MR) is 83.9 cm³/mol. The molecule has 0 N–H and O–H groups in total. The van der Waals surface area contributed by atoms with Crippen molar-refractivity contribution in [3.8, 4) is 0 Å². The average Bonchev–Trinajstić information content (AvgIpc) is 2.37. The third-order valence-corrected chi connectivity index (χ3v) is 4.38. The zero-order valence-corrected chi connectivity index (χ0v) is 14.9. The van der Waals surface area contributed by atoms with Crippen LogP contribution >= 0.6 is 0 Å². The predicted octanol–water partition coefficient (Wildman–Crippen LogP) is 5.19. The lowest BCUT2D eigenvalue weighted by atomic mass is 9.72. The Hall–Kier alpha value is -0.810. The quantitative estimate of drug-likeness (QED) is 0.383. The number of rotatable bonds is 6. The van der Waals surface area contributed by atoms with Crippen LogP contribution in [0.4, 0.5) is 4.79 Å². The highest BCUT2D eigenvalue weighted by atomic mass is 17.5. The van der Waals surface area contributed by atoms with E-state index < -0.39 is 11.8 Å². The van der Waals surface area contributed by atoms with Crippen molar-refractivity contribution in [2.75, 3.05) is 0 Å². The SMILES string of the molecule is CCCC(C)(C)OOOC(=O)OC1CCC(C(C)(C)C)CC1. The van der Waals surface area contributed by atoms with Crippen LogP contribution in [-0.2, 0) is 19.6 Å². The molecule has 22 heavy (non-hydrogen) atoms. The summed E-state index contributed by atoms with van der Waals surface area (Å²) in [6, 6.07) is 0. The molecule has 0 unspecified atom stereocenters. The second-order valence-corrected chi connectivity index (χ2v) is 7.95. The minimum atomic E-state index is -0.827. The van der Waals surface area contributed by atoms with Crippen molar-refractivity contribution in [1.82, 2.24) is 0 Å². The Labute approximate surface area is 134 Å². The Morgan fingerprint density at radius 2 is 1.64 bits per heavy atom. The monoisotopic (exact) mass is 316 g/mol. The van der Waals surface area contributed by atoms with Gasteiger partial charge in [-0.15, -0.1) is 0 Å². The van der Waals surface area contributed by atoms with Crippen LogP contribution in [0.2, 0.25) is 0 Å². The van der Waals surface area contributed by atoms with Crippen LogP contribution in [0.3, 0.4) is 0 Å². The number of hydrogen-bond acceptors (Lipinski definition) is 5. The molecule has 0 heterocycles. The van der Waals surface area contributed by atoms with Crippen LogP contribution in [0, 0.1) is 11.3 Å². The molecule has 0 saturated heterocycles. The molecule has 5 nitrogen and oxygen atoms in total. The molecule has 0 spiro atoms. The summed E-state index contributed by atoms with van der Waals surface area (Å²) in [7, 11) is 0. The molecular weight excluding hydrogens is 284 g/mol. The van der Waals surface area contributed by atoms with Crippen molar-refractivity contribution < 1.29 is 24.3 Å². The van der Waals surface area contributed by atoms with E-state index in [0.717, 1.165) is 38.5 Å². The summed E-state index contributed by atoms with van der Waals surface area (Å²) >= 11 is 0. The van der Waals surface area contributed by atoms with E-state index in [9.17, 15) is 4.79 Å². The Morgan fingerprint density at radius 3 is 2.14 bits per heavy atom. The number of carbonyl (C=O) groups excluding carboxylic acids is 1. The topological polar surface area (TPSA) is 54.0 Å². The van der Waals surface area contributed by atoms with Crippen molar-refractivity contribution in [3.05, 3.63) is 0 Å². The van der Waals surface area contributed by atoms with Gasteiger partial charge in [0, 0.05) is 0 Å². The molecule has 0 aromatic rings. The van der Waals surface area contributed by atoms with Crippen molar-refractivity contribution in [1.29, 1.82) is 0 Å². The summed E-state index contributed by atoms with van der Waals surface area (Å²) in [6.45, 7) is 12.6. The molecule has 0 aliphatic heterocycles. The third-order valence-electron chi connectivity index (χ3n) is 4.38. The smallest absolute Gasteiger partial charge is 0.429 e. The van der Waals surface area contributed by atoms with Crippen LogP contribution < -0.4 is 0 Å². The summed E-state index contributed by atoms with van der Waals surface area (Å²) in [5.41, 5.74) is -0.174. The lowest BCUT2D eigenvalue weighted by Crippen LogP contribution is -2.31. The molecular formula is C17H32O5. The first kappa shape index (κ1) is 19.2. The van der Waals surface area contributed by atoms with Gasteiger partial charge in [0.2, 0.25) is 0 Å². The van der Waals surface area contributed by atoms with Crippen molar-refractivity contribution in [3.63, 3.8) is 0 Å². The van der Waals surface area contributed by atoms with Gasteiger partial charge in [-0.2, -0.15) is 4.89 Å². The zero-order valence-electron chi connectivity index (χ0n) is 14.9. The van der Waals surface area contributed by atoms with Crippen LogP contribution in [0.5, 0.6) is 0 Å². The van der Waals surface area contributed by atoms with Crippen LogP contribution in [0.1, 0.15) is 80.1 Å². The molecule has 1 aliphatic rings. The Morgan fingerprint density at radius 1 is 1.05 bits per heavy atom. The molecule has 130 valence electrons. The van der Waals surface area contributed by atoms with Gasteiger partial charge in [0.1, 0.15) is 11.7 Å². The van der Waals surface area contributed by atoms with Gasteiger partial charge in [-0.25, -0.2) is 9.68 Å². The van der Waals surface area contributed by atoms with E-state index in [0.29, 0.717) is 11.3 Å². The molecule has 0 radical (unpaired) electrons. The third kappa shape index (κ3) is 6.97. The molecule has 1 saturated carbocycles. The maximum atomic E-state index is 11.6. The maximum absolute atomic E-state index is 11.6. The second kappa shape index (κ2) is 8.16. The number of ether oxygens (including phenoxy) is 1. The van der Waals surface area contributed by atoms with Crippen LogP contribution in [0.25, 0.3) is 0 Å². The largest absolute Gasteiger partial charge is 0.542 e. The van der Waals surface area contributed by atoms with Crippen molar-refractivity contribution in [2.24, 2.45) is 11.3 Å². The van der Waals surface area contributed by atoms with E-state index in [1.807, 2.05) is 20.8 Å². The van der Waals surface area contributed by atoms with Crippen molar-refractivity contribution in [2.45, 2.75) is 91.8 Å². The fourth-order valence-corrected chi connectivity index (χ4v) is 2.98.